The lowest BCUT2D eigenvalue weighted by Gasteiger charge is -2.09. The van der Waals surface area contributed by atoms with Gasteiger partial charge in [-0.1, -0.05) is 46.9 Å². The maximum Gasteiger partial charge on any atom is 0.221 e. The van der Waals surface area contributed by atoms with E-state index in [0.29, 0.717) is 27.0 Å². The van der Waals surface area contributed by atoms with Crippen molar-refractivity contribution in [1.29, 1.82) is 0 Å². The molecule has 0 fully saturated rings. The molecule has 3 rings (SSSR count). The smallest absolute Gasteiger partial charge is 0.221 e. The van der Waals surface area contributed by atoms with Crippen molar-refractivity contribution in [2.75, 3.05) is 5.73 Å². The molecule has 0 saturated carbocycles. The summed E-state index contributed by atoms with van der Waals surface area (Å²) in [4.78, 5) is 8.36. The molecule has 0 saturated heterocycles. The van der Waals surface area contributed by atoms with E-state index in [1.165, 1.54) is 6.07 Å². The van der Waals surface area contributed by atoms with Crippen molar-refractivity contribution >= 4 is 40.8 Å². The van der Waals surface area contributed by atoms with E-state index in [0.717, 1.165) is 5.56 Å². The largest absolute Gasteiger partial charge is 0.506 e. The van der Waals surface area contributed by atoms with Crippen LogP contribution in [0.3, 0.4) is 0 Å². The summed E-state index contributed by atoms with van der Waals surface area (Å²) < 4.78 is 0. The molecule has 0 aliphatic carbocycles. The van der Waals surface area contributed by atoms with E-state index < -0.39 is 0 Å². The van der Waals surface area contributed by atoms with Gasteiger partial charge in [-0.2, -0.15) is 0 Å². The number of phenols is 1. The zero-order chi connectivity index (χ0) is 16.6. The molecule has 0 spiro atoms. The van der Waals surface area contributed by atoms with Crippen molar-refractivity contribution in [2.45, 2.75) is 0 Å². The minimum atomic E-state index is -0.115. The van der Waals surface area contributed by atoms with Gasteiger partial charge >= 0.3 is 0 Å². The van der Waals surface area contributed by atoms with Crippen LogP contribution in [0, 0.1) is 0 Å². The van der Waals surface area contributed by atoms with Crippen LogP contribution in [0.5, 0.6) is 5.75 Å². The Hall–Kier alpha value is -2.01. The number of anilines is 1. The Labute approximate surface area is 147 Å². The van der Waals surface area contributed by atoms with Crippen molar-refractivity contribution in [1.82, 2.24) is 9.97 Å². The Morgan fingerprint density at radius 3 is 2.17 bits per heavy atom. The molecule has 0 radical (unpaired) electrons. The van der Waals surface area contributed by atoms with Gasteiger partial charge in [-0.15, -0.1) is 0 Å². The van der Waals surface area contributed by atoms with Gasteiger partial charge in [0, 0.05) is 21.2 Å². The first-order chi connectivity index (χ1) is 10.9. The number of hydrogen-bond acceptors (Lipinski definition) is 4. The molecule has 0 unspecified atom stereocenters. The molecule has 3 aromatic rings. The van der Waals surface area contributed by atoms with E-state index in [2.05, 4.69) is 9.97 Å². The third-order valence-electron chi connectivity index (χ3n) is 3.19. The molecular weight excluding hydrogens is 357 g/mol. The normalized spacial score (nSPS) is 10.7. The predicted molar refractivity (Wildman–Crippen MR) is 94.0 cm³/mol. The second kappa shape index (κ2) is 6.24. The first kappa shape index (κ1) is 15.9. The number of rotatable bonds is 2. The van der Waals surface area contributed by atoms with Crippen LogP contribution in [-0.2, 0) is 0 Å². The Balaban J connectivity index is 2.17. The fraction of sp³-hybridized carbons (Fsp3) is 0. The van der Waals surface area contributed by atoms with E-state index in [1.807, 2.05) is 12.1 Å². The second-order valence-corrected chi connectivity index (χ2v) is 6.07. The molecule has 7 heteroatoms. The lowest BCUT2D eigenvalue weighted by atomic mass is 10.1. The molecule has 0 atom stereocenters. The van der Waals surface area contributed by atoms with E-state index in [1.54, 1.807) is 24.3 Å². The van der Waals surface area contributed by atoms with Gasteiger partial charge in [0.1, 0.15) is 5.75 Å². The highest BCUT2D eigenvalue weighted by Crippen LogP contribution is 2.38. The molecule has 3 N–H and O–H groups in total. The summed E-state index contributed by atoms with van der Waals surface area (Å²) >= 11 is 17.9. The van der Waals surface area contributed by atoms with Crippen LogP contribution >= 0.6 is 34.8 Å². The average Bonchev–Trinajstić information content (AvgIpc) is 2.51. The number of nitrogens with zero attached hydrogens (tertiary/aromatic N) is 2. The molecule has 1 heterocycles. The highest BCUT2D eigenvalue weighted by atomic mass is 35.5. The van der Waals surface area contributed by atoms with Gasteiger partial charge in [-0.05, 0) is 30.3 Å². The fourth-order valence-electron chi connectivity index (χ4n) is 2.13. The molecule has 23 heavy (non-hydrogen) atoms. The molecule has 116 valence electrons. The molecular formula is C16H10Cl3N3O. The monoisotopic (exact) mass is 365 g/mol. The Morgan fingerprint density at radius 1 is 0.826 bits per heavy atom. The standard InChI is InChI=1S/C16H10Cl3N3O/c17-9-3-1-8(2-4-9)13-7-14(22-16(20)21-13)11-5-10(18)6-12(19)15(11)23/h1-7,23H,(H2,20,21,22). The summed E-state index contributed by atoms with van der Waals surface area (Å²) in [7, 11) is 0. The Bertz CT molecular complexity index is 882. The first-order valence-electron chi connectivity index (χ1n) is 6.53. The van der Waals surface area contributed by atoms with E-state index in [9.17, 15) is 5.11 Å². The van der Waals surface area contributed by atoms with Gasteiger partial charge in [0.2, 0.25) is 5.95 Å². The topological polar surface area (TPSA) is 72.0 Å². The summed E-state index contributed by atoms with van der Waals surface area (Å²) in [6, 6.07) is 11.9. The minimum absolute atomic E-state index is 0.0722. The van der Waals surface area contributed by atoms with Gasteiger partial charge in [-0.3, -0.25) is 0 Å². The molecule has 4 nitrogen and oxygen atoms in total. The molecule has 0 amide bonds. The summed E-state index contributed by atoms with van der Waals surface area (Å²) in [6.07, 6.45) is 0. The maximum absolute atomic E-state index is 10.2. The van der Waals surface area contributed by atoms with Crippen LogP contribution < -0.4 is 5.73 Å². The number of hydrogen-bond donors (Lipinski definition) is 2. The zero-order valence-corrected chi connectivity index (χ0v) is 13.9. The SMILES string of the molecule is Nc1nc(-c2ccc(Cl)cc2)cc(-c2cc(Cl)cc(Cl)c2O)n1. The molecule has 0 aliphatic rings. The van der Waals surface area contributed by atoms with Crippen LogP contribution in [0.4, 0.5) is 5.95 Å². The number of phenolic OH excluding ortho intramolecular Hbond substituents is 1. The van der Waals surface area contributed by atoms with Gasteiger partial charge in [0.15, 0.2) is 0 Å². The molecule has 2 aromatic carbocycles. The number of aromatic nitrogens is 2. The second-order valence-electron chi connectivity index (χ2n) is 4.79. The lowest BCUT2D eigenvalue weighted by Crippen LogP contribution is -1.99. The van der Waals surface area contributed by atoms with E-state index in [-0.39, 0.29) is 16.7 Å². The number of nitrogens with two attached hydrogens (primary N) is 1. The fourth-order valence-corrected chi connectivity index (χ4v) is 2.75. The van der Waals surface area contributed by atoms with Crippen LogP contribution in [0.1, 0.15) is 0 Å². The lowest BCUT2D eigenvalue weighted by molar-refractivity contribution is 0.477. The predicted octanol–water partition coefficient (Wildman–Crippen LogP) is 5.06. The van der Waals surface area contributed by atoms with Crippen LogP contribution in [0.25, 0.3) is 22.5 Å². The summed E-state index contributed by atoms with van der Waals surface area (Å²) in [5, 5.41) is 11.3. The van der Waals surface area contributed by atoms with E-state index in [4.69, 9.17) is 40.5 Å². The summed E-state index contributed by atoms with van der Waals surface area (Å²) in [6.45, 7) is 0. The maximum atomic E-state index is 10.2. The number of nitrogen functional groups attached to an aromatic ring is 1. The zero-order valence-electron chi connectivity index (χ0n) is 11.6. The minimum Gasteiger partial charge on any atom is -0.506 e. The molecule has 0 aliphatic heterocycles. The van der Waals surface area contributed by atoms with Crippen molar-refractivity contribution in [3.8, 4) is 28.3 Å². The number of benzene rings is 2. The Kier molecular flexibility index (Phi) is 4.31. The highest BCUT2D eigenvalue weighted by molar-refractivity contribution is 6.36. The van der Waals surface area contributed by atoms with Crippen LogP contribution in [-0.4, -0.2) is 15.1 Å². The van der Waals surface area contributed by atoms with Crippen molar-refractivity contribution in [3.05, 3.63) is 57.5 Å². The van der Waals surface area contributed by atoms with Gasteiger partial charge in [0.05, 0.1) is 16.4 Å². The highest BCUT2D eigenvalue weighted by Gasteiger charge is 2.14. The summed E-state index contributed by atoms with van der Waals surface area (Å²) in [5.41, 5.74) is 8.01. The van der Waals surface area contributed by atoms with Gasteiger partial charge < -0.3 is 10.8 Å². The van der Waals surface area contributed by atoms with Crippen molar-refractivity contribution < 1.29 is 5.11 Å². The quantitative estimate of drug-likeness (QED) is 0.665. The third kappa shape index (κ3) is 3.34. The first-order valence-corrected chi connectivity index (χ1v) is 7.66. The van der Waals surface area contributed by atoms with Crippen molar-refractivity contribution in [2.24, 2.45) is 0 Å². The molecule has 0 bridgehead atoms. The number of aromatic hydroxyl groups is 1. The third-order valence-corrected chi connectivity index (χ3v) is 3.95. The Morgan fingerprint density at radius 2 is 1.48 bits per heavy atom. The van der Waals surface area contributed by atoms with Gasteiger partial charge in [0.25, 0.3) is 0 Å². The molecule has 1 aromatic heterocycles. The van der Waals surface area contributed by atoms with Crippen molar-refractivity contribution in [3.63, 3.8) is 0 Å². The summed E-state index contributed by atoms with van der Waals surface area (Å²) in [5.74, 6) is -0.0424. The van der Waals surface area contributed by atoms with E-state index >= 15 is 0 Å². The average molecular weight is 367 g/mol. The van der Waals surface area contributed by atoms with Crippen LogP contribution in [0.2, 0.25) is 15.1 Å². The number of halogens is 3. The van der Waals surface area contributed by atoms with Crippen LogP contribution in [0.15, 0.2) is 42.5 Å². The van der Waals surface area contributed by atoms with Gasteiger partial charge in [-0.25, -0.2) is 9.97 Å².